The van der Waals surface area contributed by atoms with Gasteiger partial charge in [0.05, 0.1) is 12.4 Å². The van der Waals surface area contributed by atoms with E-state index in [0.717, 1.165) is 18.2 Å². The number of aromatic nitrogens is 3. The smallest absolute Gasteiger partial charge is 0.149 e. The van der Waals surface area contributed by atoms with Crippen molar-refractivity contribution in [2.75, 3.05) is 0 Å². The van der Waals surface area contributed by atoms with Gasteiger partial charge in [0, 0.05) is 6.07 Å². The molecule has 0 amide bonds. The third-order valence-corrected chi connectivity index (χ3v) is 1.58. The molecule has 0 spiro atoms. The molecular formula is C8H5F2N3. The highest BCUT2D eigenvalue weighted by Gasteiger charge is 2.05. The number of rotatable bonds is 1. The Bertz CT molecular complexity index is 411. The highest BCUT2D eigenvalue weighted by Crippen LogP contribution is 2.12. The van der Waals surface area contributed by atoms with Gasteiger partial charge >= 0.3 is 0 Å². The van der Waals surface area contributed by atoms with E-state index in [1.807, 2.05) is 0 Å². The van der Waals surface area contributed by atoms with Gasteiger partial charge < -0.3 is 0 Å². The summed E-state index contributed by atoms with van der Waals surface area (Å²) in [7, 11) is 0. The molecule has 0 saturated heterocycles. The van der Waals surface area contributed by atoms with Crippen molar-refractivity contribution in [3.05, 3.63) is 42.2 Å². The van der Waals surface area contributed by atoms with Gasteiger partial charge in [0.15, 0.2) is 0 Å². The molecule has 5 heteroatoms. The SMILES string of the molecule is Fc1ccc(F)c(-n2ccnn2)c1. The van der Waals surface area contributed by atoms with Crippen LogP contribution in [0, 0.1) is 11.6 Å². The maximum Gasteiger partial charge on any atom is 0.149 e. The fourth-order valence-corrected chi connectivity index (χ4v) is 0.998. The minimum absolute atomic E-state index is 0.0532. The number of benzene rings is 1. The van der Waals surface area contributed by atoms with Crippen LogP contribution in [0.25, 0.3) is 5.69 Å². The van der Waals surface area contributed by atoms with Crippen molar-refractivity contribution in [2.24, 2.45) is 0 Å². The number of hydrogen-bond acceptors (Lipinski definition) is 2. The van der Waals surface area contributed by atoms with Crippen LogP contribution in [0.1, 0.15) is 0 Å². The molecule has 13 heavy (non-hydrogen) atoms. The molecule has 0 aliphatic rings. The van der Waals surface area contributed by atoms with Gasteiger partial charge in [0.1, 0.15) is 17.3 Å². The van der Waals surface area contributed by atoms with Gasteiger partial charge in [0.2, 0.25) is 0 Å². The summed E-state index contributed by atoms with van der Waals surface area (Å²) in [5, 5.41) is 7.04. The summed E-state index contributed by atoms with van der Waals surface area (Å²) in [5.41, 5.74) is 0.0532. The van der Waals surface area contributed by atoms with Gasteiger partial charge in [-0.3, -0.25) is 0 Å². The van der Waals surface area contributed by atoms with Crippen LogP contribution in [-0.4, -0.2) is 15.0 Å². The van der Waals surface area contributed by atoms with E-state index < -0.39 is 11.6 Å². The van der Waals surface area contributed by atoms with E-state index in [0.29, 0.717) is 0 Å². The maximum atomic E-state index is 13.1. The lowest BCUT2D eigenvalue weighted by Gasteiger charge is -2.00. The first-order valence-electron chi connectivity index (χ1n) is 3.59. The Hall–Kier alpha value is -1.78. The van der Waals surface area contributed by atoms with E-state index in [1.165, 1.54) is 17.1 Å². The van der Waals surface area contributed by atoms with E-state index in [4.69, 9.17) is 0 Å². The minimum Gasteiger partial charge on any atom is -0.218 e. The molecule has 0 unspecified atom stereocenters. The van der Waals surface area contributed by atoms with Crippen molar-refractivity contribution < 1.29 is 8.78 Å². The van der Waals surface area contributed by atoms with Crippen molar-refractivity contribution >= 4 is 0 Å². The Balaban J connectivity index is 2.57. The zero-order valence-electron chi connectivity index (χ0n) is 6.48. The normalized spacial score (nSPS) is 10.3. The molecule has 1 aromatic carbocycles. The van der Waals surface area contributed by atoms with Crippen molar-refractivity contribution in [1.29, 1.82) is 0 Å². The Kier molecular flexibility index (Phi) is 1.77. The zero-order valence-corrected chi connectivity index (χ0v) is 6.48. The number of halogens is 2. The topological polar surface area (TPSA) is 30.7 Å². The van der Waals surface area contributed by atoms with Gasteiger partial charge in [-0.2, -0.15) is 0 Å². The second-order valence-electron chi connectivity index (χ2n) is 2.44. The van der Waals surface area contributed by atoms with Crippen LogP contribution in [0.3, 0.4) is 0 Å². The van der Waals surface area contributed by atoms with Crippen LogP contribution in [0.15, 0.2) is 30.6 Å². The Morgan fingerprint density at radius 2 is 2.08 bits per heavy atom. The van der Waals surface area contributed by atoms with E-state index >= 15 is 0 Å². The van der Waals surface area contributed by atoms with Crippen LogP contribution in [0.2, 0.25) is 0 Å². The van der Waals surface area contributed by atoms with Crippen molar-refractivity contribution in [1.82, 2.24) is 15.0 Å². The highest BCUT2D eigenvalue weighted by atomic mass is 19.1. The molecule has 0 aliphatic heterocycles. The second-order valence-corrected chi connectivity index (χ2v) is 2.44. The quantitative estimate of drug-likeness (QED) is 0.668. The third-order valence-electron chi connectivity index (χ3n) is 1.58. The molecule has 2 aromatic rings. The lowest BCUT2D eigenvalue weighted by Crippen LogP contribution is -1.99. The molecule has 0 atom stereocenters. The van der Waals surface area contributed by atoms with E-state index in [9.17, 15) is 8.78 Å². The molecule has 1 heterocycles. The van der Waals surface area contributed by atoms with E-state index in [1.54, 1.807) is 0 Å². The first-order chi connectivity index (χ1) is 6.27. The van der Waals surface area contributed by atoms with Crippen LogP contribution in [0.5, 0.6) is 0 Å². The summed E-state index contributed by atoms with van der Waals surface area (Å²) in [5.74, 6) is -1.04. The van der Waals surface area contributed by atoms with E-state index in [-0.39, 0.29) is 5.69 Å². The Labute approximate surface area is 72.6 Å². The predicted octanol–water partition coefficient (Wildman–Crippen LogP) is 1.55. The Morgan fingerprint density at radius 3 is 2.77 bits per heavy atom. The summed E-state index contributed by atoms with van der Waals surface area (Å²) < 4.78 is 27.0. The first-order valence-corrected chi connectivity index (χ1v) is 3.59. The zero-order chi connectivity index (χ0) is 9.26. The van der Waals surface area contributed by atoms with Crippen molar-refractivity contribution in [3.8, 4) is 5.69 Å². The predicted molar refractivity (Wildman–Crippen MR) is 41.3 cm³/mol. The highest BCUT2D eigenvalue weighted by molar-refractivity contribution is 5.32. The number of nitrogens with zero attached hydrogens (tertiary/aromatic N) is 3. The lowest BCUT2D eigenvalue weighted by molar-refractivity contribution is 0.584. The second kappa shape index (κ2) is 2.93. The van der Waals surface area contributed by atoms with Crippen LogP contribution >= 0.6 is 0 Å². The molecule has 0 saturated carbocycles. The molecule has 0 radical (unpaired) electrons. The van der Waals surface area contributed by atoms with Gasteiger partial charge in [-0.25, -0.2) is 13.5 Å². The number of hydrogen-bond donors (Lipinski definition) is 0. The fourth-order valence-electron chi connectivity index (χ4n) is 0.998. The summed E-state index contributed by atoms with van der Waals surface area (Å²) in [4.78, 5) is 0. The average molecular weight is 181 g/mol. The van der Waals surface area contributed by atoms with Gasteiger partial charge in [0.25, 0.3) is 0 Å². The molecule has 3 nitrogen and oxygen atoms in total. The van der Waals surface area contributed by atoms with Gasteiger partial charge in [-0.1, -0.05) is 5.21 Å². The van der Waals surface area contributed by atoms with E-state index in [2.05, 4.69) is 10.3 Å². The minimum atomic E-state index is -0.535. The lowest BCUT2D eigenvalue weighted by atomic mass is 10.3. The van der Waals surface area contributed by atoms with Gasteiger partial charge in [-0.15, -0.1) is 5.10 Å². The first kappa shape index (κ1) is 7.85. The molecule has 0 N–H and O–H groups in total. The van der Waals surface area contributed by atoms with Crippen molar-refractivity contribution in [2.45, 2.75) is 0 Å². The van der Waals surface area contributed by atoms with Gasteiger partial charge in [-0.05, 0) is 12.1 Å². The third kappa shape index (κ3) is 1.40. The van der Waals surface area contributed by atoms with Crippen molar-refractivity contribution in [3.63, 3.8) is 0 Å². The van der Waals surface area contributed by atoms with Crippen LogP contribution in [0.4, 0.5) is 8.78 Å². The molecular weight excluding hydrogens is 176 g/mol. The molecule has 0 aliphatic carbocycles. The summed E-state index contributed by atoms with van der Waals surface area (Å²) in [6.45, 7) is 0. The average Bonchev–Trinajstić information content (AvgIpc) is 2.61. The standard InChI is InChI=1S/C8H5F2N3/c9-6-1-2-7(10)8(5-6)13-4-3-11-12-13/h1-5H. The summed E-state index contributed by atoms with van der Waals surface area (Å²) >= 11 is 0. The Morgan fingerprint density at radius 1 is 1.23 bits per heavy atom. The molecule has 66 valence electrons. The maximum absolute atomic E-state index is 13.1. The molecule has 2 rings (SSSR count). The summed E-state index contributed by atoms with van der Waals surface area (Å²) in [6, 6.07) is 3.16. The van der Waals surface area contributed by atoms with Crippen LogP contribution < -0.4 is 0 Å². The monoisotopic (exact) mass is 181 g/mol. The largest absolute Gasteiger partial charge is 0.218 e. The summed E-state index contributed by atoms with van der Waals surface area (Å²) in [6.07, 6.45) is 2.84. The molecule has 0 bridgehead atoms. The van der Waals surface area contributed by atoms with Crippen LogP contribution in [-0.2, 0) is 0 Å². The molecule has 1 aromatic heterocycles. The fraction of sp³-hybridized carbons (Fsp3) is 0. The molecule has 0 fully saturated rings.